The summed E-state index contributed by atoms with van der Waals surface area (Å²) < 4.78 is 20.8. The summed E-state index contributed by atoms with van der Waals surface area (Å²) >= 11 is 0. The minimum atomic E-state index is -0.490. The van der Waals surface area contributed by atoms with Crippen LogP contribution >= 0.6 is 0 Å². The van der Waals surface area contributed by atoms with Gasteiger partial charge in [0.25, 0.3) is 11.4 Å². The molecule has 0 spiro atoms. The maximum absolute atomic E-state index is 11.5. The van der Waals surface area contributed by atoms with Gasteiger partial charge in [0.1, 0.15) is 0 Å². The summed E-state index contributed by atoms with van der Waals surface area (Å²) in [5.74, 6) is 1.28. The number of aliphatic imine (C=N–C) groups is 2. The van der Waals surface area contributed by atoms with Crippen LogP contribution in [0.1, 0.15) is 22.3 Å². The van der Waals surface area contributed by atoms with Crippen LogP contribution in [-0.2, 0) is 12.8 Å². The third kappa shape index (κ3) is 7.53. The van der Waals surface area contributed by atoms with E-state index in [-0.39, 0.29) is 22.9 Å². The number of aryl methyl sites for hydroxylation is 2. The second kappa shape index (κ2) is 14.4. The second-order valence-corrected chi connectivity index (χ2v) is 9.40. The molecule has 4 aromatic rings. The van der Waals surface area contributed by atoms with Crippen LogP contribution in [0.25, 0.3) is 0 Å². The SMILES string of the molecule is COc1cc(/C=N/c2ccc(CCc3ccc(/N=C/c4cc(OC)c(OC)cc4[N+](=O)[O-])cc3)cc2)c([N+](=O)[O-])cc1OC. The van der Waals surface area contributed by atoms with E-state index < -0.39 is 9.85 Å². The molecule has 0 saturated carbocycles. The summed E-state index contributed by atoms with van der Waals surface area (Å²) in [5, 5.41) is 23.1. The molecule has 0 heterocycles. The first-order valence-electron chi connectivity index (χ1n) is 13.3. The van der Waals surface area contributed by atoms with Crippen molar-refractivity contribution in [3.63, 3.8) is 0 Å². The molecule has 4 aromatic carbocycles. The summed E-state index contributed by atoms with van der Waals surface area (Å²) in [6.07, 6.45) is 4.43. The number of nitro groups is 2. The average Bonchev–Trinajstić information content (AvgIpc) is 3.05. The Labute approximate surface area is 253 Å². The maximum Gasteiger partial charge on any atom is 0.282 e. The molecule has 0 fully saturated rings. The molecule has 0 amide bonds. The van der Waals surface area contributed by atoms with Gasteiger partial charge < -0.3 is 18.9 Å². The predicted molar refractivity (Wildman–Crippen MR) is 167 cm³/mol. The van der Waals surface area contributed by atoms with Gasteiger partial charge >= 0.3 is 0 Å². The van der Waals surface area contributed by atoms with Crippen molar-refractivity contribution in [1.29, 1.82) is 0 Å². The van der Waals surface area contributed by atoms with E-state index in [2.05, 4.69) is 9.98 Å². The van der Waals surface area contributed by atoms with Crippen LogP contribution < -0.4 is 18.9 Å². The van der Waals surface area contributed by atoms with Crippen LogP contribution in [0.3, 0.4) is 0 Å². The number of nitro benzene ring substituents is 2. The molecule has 0 unspecified atom stereocenters. The van der Waals surface area contributed by atoms with Gasteiger partial charge in [0, 0.05) is 12.4 Å². The molecule has 226 valence electrons. The molecule has 0 bridgehead atoms. The van der Waals surface area contributed by atoms with Gasteiger partial charge in [0.2, 0.25) is 0 Å². The molecule has 0 atom stereocenters. The summed E-state index contributed by atoms with van der Waals surface area (Å²) in [7, 11) is 5.76. The van der Waals surface area contributed by atoms with E-state index in [1.807, 2.05) is 48.5 Å². The van der Waals surface area contributed by atoms with Crippen LogP contribution in [-0.4, -0.2) is 50.7 Å². The third-order valence-corrected chi connectivity index (χ3v) is 6.74. The molecular formula is C32H30N4O8. The van der Waals surface area contributed by atoms with E-state index in [0.717, 1.165) is 24.0 Å². The highest BCUT2D eigenvalue weighted by Crippen LogP contribution is 2.35. The Morgan fingerprint density at radius 3 is 1.18 bits per heavy atom. The molecule has 0 radical (unpaired) electrons. The summed E-state index contributed by atoms with van der Waals surface area (Å²) in [5.41, 5.74) is 3.82. The van der Waals surface area contributed by atoms with E-state index in [4.69, 9.17) is 18.9 Å². The molecule has 4 rings (SSSR count). The third-order valence-electron chi connectivity index (χ3n) is 6.74. The highest BCUT2D eigenvalue weighted by molar-refractivity contribution is 5.89. The summed E-state index contributed by atoms with van der Waals surface area (Å²) in [6, 6.07) is 20.9. The predicted octanol–water partition coefficient (Wildman–Crippen LogP) is 6.82. The van der Waals surface area contributed by atoms with Gasteiger partial charge in [0.05, 0.1) is 72.9 Å². The van der Waals surface area contributed by atoms with Gasteiger partial charge in [-0.25, -0.2) is 0 Å². The van der Waals surface area contributed by atoms with Crippen LogP contribution in [0.5, 0.6) is 23.0 Å². The number of ether oxygens (including phenoxy) is 4. The first kappa shape index (κ1) is 31.2. The zero-order chi connectivity index (χ0) is 31.6. The van der Waals surface area contributed by atoms with E-state index in [1.54, 1.807) is 0 Å². The fourth-order valence-corrected chi connectivity index (χ4v) is 4.37. The van der Waals surface area contributed by atoms with Gasteiger partial charge in [-0.05, 0) is 60.4 Å². The Bertz CT molecular complexity index is 1570. The number of hydrogen-bond donors (Lipinski definition) is 0. The van der Waals surface area contributed by atoms with Crippen molar-refractivity contribution in [2.24, 2.45) is 9.98 Å². The smallest absolute Gasteiger partial charge is 0.282 e. The van der Waals surface area contributed by atoms with Crippen LogP contribution in [0.2, 0.25) is 0 Å². The number of hydrogen-bond acceptors (Lipinski definition) is 10. The normalized spacial score (nSPS) is 11.1. The van der Waals surface area contributed by atoms with Crippen LogP contribution in [0, 0.1) is 20.2 Å². The topological polar surface area (TPSA) is 148 Å². The number of benzene rings is 4. The van der Waals surface area contributed by atoms with E-state index in [0.29, 0.717) is 34.0 Å². The standard InChI is InChI=1S/C32H30N4O8/c1-41-29-15-23(27(35(37)38)17-31(29)43-3)19-33-25-11-7-21(8-12-25)5-6-22-9-13-26(14-10-22)34-20-24-16-30(42-2)32(44-4)18-28(24)36(39)40/h7-20H,5-6H2,1-4H3/b33-19+,34-20+. The monoisotopic (exact) mass is 598 g/mol. The van der Waals surface area contributed by atoms with Crippen molar-refractivity contribution < 1.29 is 28.8 Å². The highest BCUT2D eigenvalue weighted by atomic mass is 16.6. The second-order valence-electron chi connectivity index (χ2n) is 9.40. The molecule has 12 heteroatoms. The fourth-order valence-electron chi connectivity index (χ4n) is 4.37. The lowest BCUT2D eigenvalue weighted by Gasteiger charge is -2.08. The summed E-state index contributed by atoms with van der Waals surface area (Å²) in [4.78, 5) is 30.9. The Hall–Kier alpha value is -5.78. The van der Waals surface area contributed by atoms with Gasteiger partial charge in [0.15, 0.2) is 23.0 Å². The van der Waals surface area contributed by atoms with E-state index in [9.17, 15) is 20.2 Å². The average molecular weight is 599 g/mol. The van der Waals surface area contributed by atoms with Gasteiger partial charge in [-0.1, -0.05) is 24.3 Å². The Balaban J connectivity index is 1.39. The molecule has 12 nitrogen and oxygen atoms in total. The van der Waals surface area contributed by atoms with Gasteiger partial charge in [-0.15, -0.1) is 0 Å². The molecule has 0 saturated heterocycles. The van der Waals surface area contributed by atoms with E-state index >= 15 is 0 Å². The van der Waals surface area contributed by atoms with Crippen LogP contribution in [0.15, 0.2) is 82.8 Å². The molecule has 0 aliphatic carbocycles. The molecule has 44 heavy (non-hydrogen) atoms. The quantitative estimate of drug-likeness (QED) is 0.0924. The lowest BCUT2D eigenvalue weighted by atomic mass is 10.0. The largest absolute Gasteiger partial charge is 0.493 e. The van der Waals surface area contributed by atoms with Crippen molar-refractivity contribution in [1.82, 2.24) is 0 Å². The first-order valence-corrected chi connectivity index (χ1v) is 13.3. The Morgan fingerprint density at radius 1 is 0.568 bits per heavy atom. The highest BCUT2D eigenvalue weighted by Gasteiger charge is 2.19. The number of rotatable bonds is 13. The molecular weight excluding hydrogens is 568 g/mol. The minimum absolute atomic E-state index is 0.137. The minimum Gasteiger partial charge on any atom is -0.493 e. The van der Waals surface area contributed by atoms with E-state index in [1.165, 1.54) is 65.1 Å². The number of nitrogens with zero attached hydrogens (tertiary/aromatic N) is 4. The van der Waals surface area contributed by atoms with Crippen molar-refractivity contribution in [3.8, 4) is 23.0 Å². The van der Waals surface area contributed by atoms with Crippen LogP contribution in [0.4, 0.5) is 22.7 Å². The fraction of sp³-hybridized carbons (Fsp3) is 0.188. The summed E-state index contributed by atoms with van der Waals surface area (Å²) in [6.45, 7) is 0. The molecule has 0 aliphatic heterocycles. The number of methoxy groups -OCH3 is 4. The molecule has 0 aromatic heterocycles. The van der Waals surface area contributed by atoms with Gasteiger partial charge in [-0.3, -0.25) is 30.2 Å². The molecule has 0 N–H and O–H groups in total. The Morgan fingerprint density at radius 2 is 0.886 bits per heavy atom. The zero-order valence-corrected chi connectivity index (χ0v) is 24.6. The van der Waals surface area contributed by atoms with Crippen molar-refractivity contribution in [3.05, 3.63) is 115 Å². The van der Waals surface area contributed by atoms with Crippen molar-refractivity contribution in [2.45, 2.75) is 12.8 Å². The maximum atomic E-state index is 11.5. The van der Waals surface area contributed by atoms with Crippen molar-refractivity contribution in [2.75, 3.05) is 28.4 Å². The lowest BCUT2D eigenvalue weighted by molar-refractivity contribution is -0.385. The van der Waals surface area contributed by atoms with Crippen molar-refractivity contribution >= 4 is 35.2 Å². The Kier molecular flexibility index (Phi) is 10.2. The van der Waals surface area contributed by atoms with Gasteiger partial charge in [-0.2, -0.15) is 0 Å². The molecule has 0 aliphatic rings. The lowest BCUT2D eigenvalue weighted by Crippen LogP contribution is -1.98. The zero-order valence-electron chi connectivity index (χ0n) is 24.6. The first-order chi connectivity index (χ1) is 21.3.